The molecule has 1 aliphatic rings. The van der Waals surface area contributed by atoms with Crippen molar-refractivity contribution >= 4 is 23.5 Å². The number of pyridine rings is 1. The third kappa shape index (κ3) is 3.41. The summed E-state index contributed by atoms with van der Waals surface area (Å²) in [4.78, 5) is 18.7. The lowest BCUT2D eigenvalue weighted by molar-refractivity contribution is 0.0760. The Morgan fingerprint density at radius 3 is 3.00 bits per heavy atom. The molecule has 2 heterocycles. The number of carbonyl (C=O) groups is 1. The fraction of sp³-hybridized carbons (Fsp3) is 0.571. The molecule has 5 heteroatoms. The highest BCUT2D eigenvalue weighted by atomic mass is 32.2. The highest BCUT2D eigenvalue weighted by Gasteiger charge is 2.24. The van der Waals surface area contributed by atoms with E-state index in [0.717, 1.165) is 37.4 Å². The number of rotatable bonds is 3. The molecule has 1 atom stereocenters. The van der Waals surface area contributed by atoms with Gasteiger partial charge in [0, 0.05) is 35.3 Å². The Kier molecular flexibility index (Phi) is 4.69. The number of anilines is 1. The van der Waals surface area contributed by atoms with Gasteiger partial charge in [-0.25, -0.2) is 4.98 Å². The van der Waals surface area contributed by atoms with Crippen LogP contribution in [0.1, 0.15) is 36.3 Å². The molecule has 1 aliphatic heterocycles. The molecule has 2 rings (SSSR count). The third-order valence-corrected chi connectivity index (χ3v) is 4.76. The zero-order valence-corrected chi connectivity index (χ0v) is 12.4. The highest BCUT2D eigenvalue weighted by Crippen LogP contribution is 2.23. The molecule has 1 unspecified atom stereocenters. The Bertz CT molecular complexity index is 464. The van der Waals surface area contributed by atoms with Gasteiger partial charge in [0.1, 0.15) is 5.82 Å². The molecule has 19 heavy (non-hydrogen) atoms. The second kappa shape index (κ2) is 6.28. The van der Waals surface area contributed by atoms with Crippen molar-refractivity contribution < 1.29 is 4.79 Å². The quantitative estimate of drug-likeness (QED) is 0.921. The zero-order chi connectivity index (χ0) is 13.8. The van der Waals surface area contributed by atoms with Crippen molar-refractivity contribution in [1.82, 2.24) is 9.88 Å². The summed E-state index contributed by atoms with van der Waals surface area (Å²) in [5.41, 5.74) is 7.32. The van der Waals surface area contributed by atoms with Crippen LogP contribution in [-0.2, 0) is 6.42 Å². The molecule has 0 radical (unpaired) electrons. The summed E-state index contributed by atoms with van der Waals surface area (Å²) < 4.78 is 0. The van der Waals surface area contributed by atoms with Crippen LogP contribution in [0, 0.1) is 0 Å². The van der Waals surface area contributed by atoms with E-state index < -0.39 is 0 Å². The Morgan fingerprint density at radius 1 is 1.53 bits per heavy atom. The zero-order valence-electron chi connectivity index (χ0n) is 11.6. The van der Waals surface area contributed by atoms with Gasteiger partial charge in [-0.1, -0.05) is 13.8 Å². The fourth-order valence-electron chi connectivity index (χ4n) is 2.25. The number of hydrogen-bond donors (Lipinski definition) is 1. The number of thioether (sulfide) groups is 1. The number of aryl methyl sites for hydroxylation is 1. The van der Waals surface area contributed by atoms with Gasteiger partial charge in [-0.15, -0.1) is 0 Å². The second-order valence-corrected chi connectivity index (χ2v) is 6.19. The van der Waals surface area contributed by atoms with Crippen molar-refractivity contribution in [2.24, 2.45) is 0 Å². The van der Waals surface area contributed by atoms with Crippen LogP contribution in [0.2, 0.25) is 0 Å². The minimum absolute atomic E-state index is 0.0857. The van der Waals surface area contributed by atoms with E-state index in [4.69, 9.17) is 5.73 Å². The number of nitrogen functional groups attached to an aromatic ring is 1. The molecular weight excluding hydrogens is 258 g/mol. The van der Waals surface area contributed by atoms with Crippen molar-refractivity contribution in [2.45, 2.75) is 31.9 Å². The maximum Gasteiger partial charge on any atom is 0.254 e. The van der Waals surface area contributed by atoms with Gasteiger partial charge < -0.3 is 10.6 Å². The number of hydrogen-bond acceptors (Lipinski definition) is 4. The first-order valence-corrected chi connectivity index (χ1v) is 7.86. The van der Waals surface area contributed by atoms with Crippen LogP contribution in [0.15, 0.2) is 12.1 Å². The maximum atomic E-state index is 12.5. The summed E-state index contributed by atoms with van der Waals surface area (Å²) in [6, 6.07) is 3.55. The van der Waals surface area contributed by atoms with Gasteiger partial charge in [0.15, 0.2) is 0 Å². The van der Waals surface area contributed by atoms with Crippen molar-refractivity contribution in [2.75, 3.05) is 24.6 Å². The Morgan fingerprint density at radius 2 is 2.32 bits per heavy atom. The van der Waals surface area contributed by atoms with E-state index in [2.05, 4.69) is 11.9 Å². The van der Waals surface area contributed by atoms with E-state index in [1.54, 1.807) is 6.07 Å². The minimum atomic E-state index is 0.0857. The smallest absolute Gasteiger partial charge is 0.254 e. The van der Waals surface area contributed by atoms with E-state index in [1.165, 1.54) is 0 Å². The monoisotopic (exact) mass is 279 g/mol. The lowest BCUT2D eigenvalue weighted by Gasteiger charge is -2.32. The van der Waals surface area contributed by atoms with Crippen LogP contribution in [0.4, 0.5) is 5.82 Å². The van der Waals surface area contributed by atoms with Crippen LogP contribution in [0.5, 0.6) is 0 Å². The minimum Gasteiger partial charge on any atom is -0.384 e. The molecule has 0 saturated carbocycles. The van der Waals surface area contributed by atoms with Gasteiger partial charge >= 0.3 is 0 Å². The topological polar surface area (TPSA) is 59.2 Å². The molecule has 1 fully saturated rings. The number of nitrogens with zero attached hydrogens (tertiary/aromatic N) is 2. The lowest BCUT2D eigenvalue weighted by atomic mass is 10.1. The summed E-state index contributed by atoms with van der Waals surface area (Å²) in [5, 5.41) is 0.558. The molecule has 0 bridgehead atoms. The fourth-order valence-corrected chi connectivity index (χ4v) is 3.43. The predicted molar refractivity (Wildman–Crippen MR) is 80.5 cm³/mol. The van der Waals surface area contributed by atoms with E-state index in [9.17, 15) is 4.79 Å². The van der Waals surface area contributed by atoms with E-state index in [-0.39, 0.29) is 5.91 Å². The predicted octanol–water partition coefficient (Wildman–Crippen LogP) is 2.19. The molecule has 1 amide bonds. The molecule has 1 aromatic heterocycles. The van der Waals surface area contributed by atoms with Crippen molar-refractivity contribution in [3.8, 4) is 0 Å². The largest absolute Gasteiger partial charge is 0.384 e. The highest BCUT2D eigenvalue weighted by molar-refractivity contribution is 8.00. The van der Waals surface area contributed by atoms with E-state index >= 15 is 0 Å². The molecule has 0 spiro atoms. The van der Waals surface area contributed by atoms with E-state index in [1.807, 2.05) is 29.7 Å². The lowest BCUT2D eigenvalue weighted by Crippen LogP contribution is -2.41. The van der Waals surface area contributed by atoms with Crippen molar-refractivity contribution in [3.05, 3.63) is 23.4 Å². The van der Waals surface area contributed by atoms with Crippen molar-refractivity contribution in [3.63, 3.8) is 0 Å². The number of carbonyl (C=O) groups excluding carboxylic acids is 1. The normalized spacial score (nSPS) is 19.5. The second-order valence-electron chi connectivity index (χ2n) is 4.78. The number of amides is 1. The summed E-state index contributed by atoms with van der Waals surface area (Å²) in [6.07, 6.45) is 1.89. The first-order chi connectivity index (χ1) is 9.13. The molecular formula is C14H21N3OS. The van der Waals surface area contributed by atoms with Gasteiger partial charge in [-0.05, 0) is 25.0 Å². The van der Waals surface area contributed by atoms with Crippen LogP contribution in [-0.4, -0.2) is 39.9 Å². The van der Waals surface area contributed by atoms with Crippen molar-refractivity contribution in [1.29, 1.82) is 0 Å². The molecule has 4 nitrogen and oxygen atoms in total. The van der Waals surface area contributed by atoms with Crippen LogP contribution in [0.3, 0.4) is 0 Å². The molecule has 0 aliphatic carbocycles. The molecule has 2 N–H and O–H groups in total. The molecule has 1 saturated heterocycles. The average molecular weight is 279 g/mol. The van der Waals surface area contributed by atoms with Gasteiger partial charge in [0.05, 0.1) is 0 Å². The molecule has 1 aromatic rings. The number of aromatic nitrogens is 1. The SMILES string of the molecule is CCc1cc(C(=O)N2CCSC(CC)C2)cc(N)n1. The standard InChI is InChI=1S/C14H21N3OS/c1-3-11-7-10(8-13(15)16-11)14(18)17-5-6-19-12(4-2)9-17/h7-8,12H,3-6,9H2,1-2H3,(H2,15,16). The number of nitrogens with two attached hydrogens (primary N) is 1. The Labute approximate surface area is 118 Å². The first-order valence-electron chi connectivity index (χ1n) is 6.81. The Hall–Kier alpha value is -1.23. The van der Waals surface area contributed by atoms with Crippen LogP contribution in [0.25, 0.3) is 0 Å². The van der Waals surface area contributed by atoms with Gasteiger partial charge in [0.2, 0.25) is 0 Å². The Balaban J connectivity index is 2.16. The van der Waals surface area contributed by atoms with Crippen LogP contribution >= 0.6 is 11.8 Å². The molecule has 104 valence electrons. The average Bonchev–Trinajstić information content (AvgIpc) is 2.45. The summed E-state index contributed by atoms with van der Waals surface area (Å²) in [7, 11) is 0. The molecule has 0 aromatic carbocycles. The third-order valence-electron chi connectivity index (χ3n) is 3.39. The summed E-state index contributed by atoms with van der Waals surface area (Å²) in [5.74, 6) is 1.54. The van der Waals surface area contributed by atoms with Crippen LogP contribution < -0.4 is 5.73 Å². The van der Waals surface area contributed by atoms with Gasteiger partial charge in [0.25, 0.3) is 5.91 Å². The first kappa shape index (κ1) is 14.2. The summed E-state index contributed by atoms with van der Waals surface area (Å²) >= 11 is 1.96. The maximum absolute atomic E-state index is 12.5. The van der Waals surface area contributed by atoms with Gasteiger partial charge in [-0.3, -0.25) is 4.79 Å². The van der Waals surface area contributed by atoms with Gasteiger partial charge in [-0.2, -0.15) is 11.8 Å². The summed E-state index contributed by atoms with van der Waals surface area (Å²) in [6.45, 7) is 5.85. The van der Waals surface area contributed by atoms with E-state index in [0.29, 0.717) is 16.6 Å².